The molecule has 0 spiro atoms. The van der Waals surface area contributed by atoms with Crippen molar-refractivity contribution in [2.45, 2.75) is 219 Å². The number of phosphoric ester groups is 1. The molecule has 0 saturated heterocycles. The zero-order chi connectivity index (χ0) is 49.9. The summed E-state index contributed by atoms with van der Waals surface area (Å²) in [5.74, 6) is -0.243. The summed E-state index contributed by atoms with van der Waals surface area (Å²) in [5, 5.41) is 13.8. The van der Waals surface area contributed by atoms with E-state index in [0.717, 1.165) is 83.5 Å². The molecule has 1 amide bonds. The van der Waals surface area contributed by atoms with E-state index in [4.69, 9.17) is 9.05 Å². The Kier molecular flexibility index (Phi) is 47.1. The van der Waals surface area contributed by atoms with Gasteiger partial charge >= 0.3 is 0 Å². The predicted octanol–water partition coefficient (Wildman–Crippen LogP) is 15.8. The van der Waals surface area contributed by atoms with Gasteiger partial charge in [0.25, 0.3) is 7.82 Å². The molecule has 9 heteroatoms. The summed E-state index contributed by atoms with van der Waals surface area (Å²) in [6, 6.07) is -0.930. The third-order valence-corrected chi connectivity index (χ3v) is 12.4. The van der Waals surface area contributed by atoms with E-state index in [1.165, 1.54) is 96.3 Å². The lowest BCUT2D eigenvalue weighted by Gasteiger charge is -2.29. The Morgan fingerprint density at radius 3 is 1.37 bits per heavy atom. The molecule has 0 aliphatic heterocycles. The number of amides is 1. The number of quaternary nitrogens is 1. The molecule has 0 radical (unpaired) electrons. The molecular weight excluding hydrogens is 864 g/mol. The number of aliphatic hydroxyl groups excluding tert-OH is 1. The van der Waals surface area contributed by atoms with Crippen LogP contribution in [0.5, 0.6) is 0 Å². The Labute approximate surface area is 419 Å². The monoisotopic (exact) mass is 967 g/mol. The van der Waals surface area contributed by atoms with Crippen molar-refractivity contribution in [3.8, 4) is 0 Å². The van der Waals surface area contributed by atoms with E-state index >= 15 is 0 Å². The van der Waals surface area contributed by atoms with Gasteiger partial charge in [-0.05, 0) is 89.9 Å². The molecule has 390 valence electrons. The number of allylic oxidation sites excluding steroid dienone is 17. The van der Waals surface area contributed by atoms with Gasteiger partial charge in [0.15, 0.2) is 0 Å². The van der Waals surface area contributed by atoms with Crippen LogP contribution in [0.3, 0.4) is 0 Å². The molecule has 68 heavy (non-hydrogen) atoms. The lowest BCUT2D eigenvalue weighted by molar-refractivity contribution is -0.870. The Hall–Kier alpha value is -2.84. The molecule has 0 aromatic rings. The third kappa shape index (κ3) is 51.0. The molecule has 0 saturated carbocycles. The van der Waals surface area contributed by atoms with Crippen molar-refractivity contribution in [3.05, 3.63) is 109 Å². The van der Waals surface area contributed by atoms with E-state index in [1.807, 2.05) is 27.2 Å². The minimum absolute atomic E-state index is 0.0194. The van der Waals surface area contributed by atoms with Gasteiger partial charge in [0.05, 0.1) is 39.9 Å². The summed E-state index contributed by atoms with van der Waals surface area (Å²) in [6.07, 6.45) is 71.6. The van der Waals surface area contributed by atoms with Crippen molar-refractivity contribution < 1.29 is 32.9 Å². The maximum absolute atomic E-state index is 12.9. The molecule has 0 bridgehead atoms. The molecule has 0 fully saturated rings. The zero-order valence-corrected chi connectivity index (χ0v) is 45.2. The largest absolute Gasteiger partial charge is 0.756 e. The molecule has 2 N–H and O–H groups in total. The molecule has 0 aliphatic rings. The van der Waals surface area contributed by atoms with Crippen LogP contribution in [0.15, 0.2) is 109 Å². The third-order valence-electron chi connectivity index (χ3n) is 11.5. The standard InChI is InChI=1S/C59H103N2O6P/c1-6-8-10-12-14-16-18-20-22-24-26-28-29-30-31-33-35-37-39-41-43-45-47-49-51-53-59(63)60-57(56-67-68(64,65)66-55-54-61(3,4)5)58(62)52-50-48-46-44-42-40-38-36-34-32-27-25-23-21-19-17-15-13-11-9-7-2/h8,10,14,16,20,22,26,28,30-31,35,37,41-44,50,52,57-58,62H,6-7,9,11-13,15,17-19,21,23-25,27,29,32-34,36,38-40,45-49,51,53-56H2,1-5H3,(H-,60,63,64,65)/b10-8-,16-14-,22-20-,28-26-,31-30-,37-35-,43-41-,44-42+,52-50+. The SMILES string of the molecule is CC/C=C\C/C=C\C/C=C\C/C=C\C/C=C\C/C=C\C/C=C\CCCCCC(=O)NC(COP(=O)([O-])OCC[N+](C)(C)C)C(O)/C=C/CC/C=C/CCCCCCCCCCCCCCCCC. The molecule has 0 aromatic heterocycles. The second-order valence-electron chi connectivity index (χ2n) is 19.2. The number of unbranched alkanes of at least 4 members (excludes halogenated alkanes) is 19. The molecule has 0 aliphatic carbocycles. The van der Waals surface area contributed by atoms with Crippen LogP contribution in [-0.4, -0.2) is 68.5 Å². The van der Waals surface area contributed by atoms with Crippen molar-refractivity contribution in [1.29, 1.82) is 0 Å². The van der Waals surface area contributed by atoms with E-state index in [1.54, 1.807) is 6.08 Å². The molecule has 0 heterocycles. The van der Waals surface area contributed by atoms with Gasteiger partial charge in [0.1, 0.15) is 13.2 Å². The van der Waals surface area contributed by atoms with Crippen LogP contribution >= 0.6 is 7.82 Å². The van der Waals surface area contributed by atoms with Crippen LogP contribution in [0, 0.1) is 0 Å². The van der Waals surface area contributed by atoms with Crippen molar-refractivity contribution in [3.63, 3.8) is 0 Å². The number of phosphoric acid groups is 1. The Balaban J connectivity index is 4.43. The number of carbonyl (C=O) groups excluding carboxylic acids is 1. The first-order valence-electron chi connectivity index (χ1n) is 27.2. The van der Waals surface area contributed by atoms with Crippen LogP contribution in [0.4, 0.5) is 0 Å². The fraction of sp³-hybridized carbons (Fsp3) is 0.678. The van der Waals surface area contributed by atoms with Crippen LogP contribution in [0.25, 0.3) is 0 Å². The fourth-order valence-corrected chi connectivity index (χ4v) is 7.93. The first-order valence-corrected chi connectivity index (χ1v) is 28.7. The van der Waals surface area contributed by atoms with E-state index < -0.39 is 26.6 Å². The number of nitrogens with zero attached hydrogens (tertiary/aromatic N) is 1. The van der Waals surface area contributed by atoms with Gasteiger partial charge in [-0.1, -0.05) is 220 Å². The molecule has 0 rings (SSSR count). The summed E-state index contributed by atoms with van der Waals surface area (Å²) >= 11 is 0. The normalized spacial score (nSPS) is 14.9. The van der Waals surface area contributed by atoms with Crippen molar-refractivity contribution in [1.82, 2.24) is 5.32 Å². The maximum Gasteiger partial charge on any atom is 0.268 e. The first kappa shape index (κ1) is 65.2. The van der Waals surface area contributed by atoms with Crippen molar-refractivity contribution >= 4 is 13.7 Å². The van der Waals surface area contributed by atoms with E-state index in [9.17, 15) is 19.4 Å². The number of aliphatic hydroxyl groups is 1. The quantitative estimate of drug-likeness (QED) is 0.0272. The van der Waals surface area contributed by atoms with Gasteiger partial charge in [0.2, 0.25) is 5.91 Å². The molecule has 0 aromatic carbocycles. The molecule has 3 atom stereocenters. The molecular formula is C59H103N2O6P. The van der Waals surface area contributed by atoms with Crippen molar-refractivity contribution in [2.75, 3.05) is 40.9 Å². The van der Waals surface area contributed by atoms with Gasteiger partial charge in [-0.2, -0.15) is 0 Å². The van der Waals surface area contributed by atoms with Gasteiger partial charge < -0.3 is 28.8 Å². The van der Waals surface area contributed by atoms with Crippen LogP contribution < -0.4 is 10.2 Å². The number of likely N-dealkylation sites (N-methyl/N-ethyl adjacent to an activating group) is 1. The van der Waals surface area contributed by atoms with E-state index in [2.05, 4.69) is 116 Å². The lowest BCUT2D eigenvalue weighted by atomic mass is 10.0. The maximum atomic E-state index is 12.9. The Bertz CT molecular complexity index is 1470. The van der Waals surface area contributed by atoms with Gasteiger partial charge in [0, 0.05) is 6.42 Å². The highest BCUT2D eigenvalue weighted by atomic mass is 31.2. The topological polar surface area (TPSA) is 108 Å². The average Bonchev–Trinajstić information content (AvgIpc) is 3.30. The predicted molar refractivity (Wildman–Crippen MR) is 292 cm³/mol. The zero-order valence-electron chi connectivity index (χ0n) is 44.3. The van der Waals surface area contributed by atoms with E-state index in [0.29, 0.717) is 17.4 Å². The van der Waals surface area contributed by atoms with Gasteiger partial charge in [-0.15, -0.1) is 0 Å². The average molecular weight is 967 g/mol. The summed E-state index contributed by atoms with van der Waals surface area (Å²) < 4.78 is 23.3. The summed E-state index contributed by atoms with van der Waals surface area (Å²) in [7, 11) is 1.20. The Morgan fingerprint density at radius 2 is 0.912 bits per heavy atom. The second kappa shape index (κ2) is 49.2. The first-order chi connectivity index (χ1) is 33.0. The van der Waals surface area contributed by atoms with Crippen LogP contribution in [0.1, 0.15) is 206 Å². The fourth-order valence-electron chi connectivity index (χ4n) is 7.21. The smallest absolute Gasteiger partial charge is 0.268 e. The number of hydrogen-bond acceptors (Lipinski definition) is 6. The molecule has 8 nitrogen and oxygen atoms in total. The van der Waals surface area contributed by atoms with Crippen LogP contribution in [0.2, 0.25) is 0 Å². The highest BCUT2D eigenvalue weighted by molar-refractivity contribution is 7.45. The van der Waals surface area contributed by atoms with Crippen LogP contribution in [-0.2, 0) is 18.4 Å². The van der Waals surface area contributed by atoms with Gasteiger partial charge in [-0.25, -0.2) is 0 Å². The minimum atomic E-state index is -4.62. The number of hydrogen-bond donors (Lipinski definition) is 2. The number of rotatable bonds is 48. The van der Waals surface area contributed by atoms with Crippen molar-refractivity contribution in [2.24, 2.45) is 0 Å². The lowest BCUT2D eigenvalue weighted by Crippen LogP contribution is -2.45. The van der Waals surface area contributed by atoms with Gasteiger partial charge in [-0.3, -0.25) is 9.36 Å². The summed E-state index contributed by atoms with van der Waals surface area (Å²) in [4.78, 5) is 25.5. The Morgan fingerprint density at radius 1 is 0.529 bits per heavy atom. The second-order valence-corrected chi connectivity index (χ2v) is 20.6. The highest BCUT2D eigenvalue weighted by Crippen LogP contribution is 2.38. The minimum Gasteiger partial charge on any atom is -0.756 e. The number of nitrogens with one attached hydrogen (secondary N) is 1. The highest BCUT2D eigenvalue weighted by Gasteiger charge is 2.23. The summed E-state index contributed by atoms with van der Waals surface area (Å²) in [5.41, 5.74) is 0. The molecule has 3 unspecified atom stereocenters. The van der Waals surface area contributed by atoms with E-state index in [-0.39, 0.29) is 18.9 Å². The summed E-state index contributed by atoms with van der Waals surface area (Å²) in [6.45, 7) is 4.48. The number of carbonyl (C=O) groups is 1.